The van der Waals surface area contributed by atoms with Crippen molar-refractivity contribution in [2.24, 2.45) is 0 Å². The van der Waals surface area contributed by atoms with E-state index in [-0.39, 0.29) is 0 Å². The van der Waals surface area contributed by atoms with Crippen LogP contribution < -0.4 is 14.8 Å². The molecule has 122 valence electrons. The molecule has 2 rings (SSSR count). The number of ether oxygens (including phenoxy) is 2. The van der Waals surface area contributed by atoms with Gasteiger partial charge in [0.1, 0.15) is 0 Å². The third-order valence-corrected chi connectivity index (χ3v) is 4.15. The van der Waals surface area contributed by atoms with Crippen LogP contribution in [0, 0.1) is 0 Å². The normalized spacial score (nSPS) is 16.5. The lowest BCUT2D eigenvalue weighted by atomic mass is 10.0. The quantitative estimate of drug-likeness (QED) is 0.786. The van der Waals surface area contributed by atoms with Gasteiger partial charge in [0, 0.05) is 24.7 Å². The molecule has 1 heterocycles. The summed E-state index contributed by atoms with van der Waals surface area (Å²) in [5, 5.41) is 3.65. The van der Waals surface area contributed by atoms with Crippen molar-refractivity contribution in [1.29, 1.82) is 0 Å². The molecule has 4 nitrogen and oxygen atoms in total. The number of para-hydroxylation sites is 1. The van der Waals surface area contributed by atoms with Crippen LogP contribution in [0.25, 0.3) is 0 Å². The van der Waals surface area contributed by atoms with Gasteiger partial charge in [0.25, 0.3) is 0 Å². The van der Waals surface area contributed by atoms with Gasteiger partial charge in [-0.25, -0.2) is 0 Å². The first-order valence-corrected chi connectivity index (χ1v) is 7.94. The Morgan fingerprint density at radius 3 is 2.59 bits per heavy atom. The molecular formula is C18H28N2O2. The number of hydrogen-bond acceptors (Lipinski definition) is 4. The number of likely N-dealkylation sites (tertiary alicyclic amines) is 1. The van der Waals surface area contributed by atoms with E-state index in [1.54, 1.807) is 14.2 Å². The molecule has 0 radical (unpaired) electrons. The topological polar surface area (TPSA) is 33.7 Å². The lowest BCUT2D eigenvalue weighted by Crippen LogP contribution is -2.42. The highest BCUT2D eigenvalue weighted by Crippen LogP contribution is 2.30. The monoisotopic (exact) mass is 304 g/mol. The van der Waals surface area contributed by atoms with Gasteiger partial charge in [-0.3, -0.25) is 4.90 Å². The Balaban J connectivity index is 1.86. The maximum Gasteiger partial charge on any atom is 0.165 e. The SMILES string of the molecule is C=C(C)CN1CCC(NCc2cccc(OC)c2OC)CC1. The Morgan fingerprint density at radius 1 is 1.27 bits per heavy atom. The molecule has 1 aliphatic heterocycles. The molecule has 0 bridgehead atoms. The van der Waals surface area contributed by atoms with Crippen LogP contribution in [0.15, 0.2) is 30.4 Å². The molecule has 0 saturated carbocycles. The highest BCUT2D eigenvalue weighted by molar-refractivity contribution is 5.46. The van der Waals surface area contributed by atoms with E-state index in [2.05, 4.69) is 29.8 Å². The van der Waals surface area contributed by atoms with E-state index < -0.39 is 0 Å². The van der Waals surface area contributed by atoms with Gasteiger partial charge in [-0.2, -0.15) is 0 Å². The molecule has 1 aromatic rings. The molecule has 0 unspecified atom stereocenters. The summed E-state index contributed by atoms with van der Waals surface area (Å²) in [7, 11) is 3.36. The molecule has 1 aliphatic rings. The fraction of sp³-hybridized carbons (Fsp3) is 0.556. The fourth-order valence-electron chi connectivity index (χ4n) is 3.02. The van der Waals surface area contributed by atoms with E-state index in [0.29, 0.717) is 6.04 Å². The zero-order chi connectivity index (χ0) is 15.9. The molecule has 22 heavy (non-hydrogen) atoms. The largest absolute Gasteiger partial charge is 0.493 e. The van der Waals surface area contributed by atoms with Crippen molar-refractivity contribution in [2.75, 3.05) is 33.9 Å². The molecule has 0 amide bonds. The van der Waals surface area contributed by atoms with Gasteiger partial charge in [-0.15, -0.1) is 0 Å². The van der Waals surface area contributed by atoms with Crippen molar-refractivity contribution >= 4 is 0 Å². The third-order valence-electron chi connectivity index (χ3n) is 4.15. The highest BCUT2D eigenvalue weighted by Gasteiger charge is 2.19. The summed E-state index contributed by atoms with van der Waals surface area (Å²) in [5.41, 5.74) is 2.39. The average molecular weight is 304 g/mol. The number of nitrogens with zero attached hydrogens (tertiary/aromatic N) is 1. The molecule has 1 aromatic carbocycles. The molecular weight excluding hydrogens is 276 g/mol. The summed E-state index contributed by atoms with van der Waals surface area (Å²) >= 11 is 0. The van der Waals surface area contributed by atoms with Crippen molar-refractivity contribution in [3.05, 3.63) is 35.9 Å². The second-order valence-corrected chi connectivity index (χ2v) is 6.04. The van der Waals surface area contributed by atoms with Crippen LogP contribution in [0.5, 0.6) is 11.5 Å². The summed E-state index contributed by atoms with van der Waals surface area (Å²) in [4.78, 5) is 2.48. The maximum absolute atomic E-state index is 5.49. The second kappa shape index (κ2) is 8.20. The van der Waals surface area contributed by atoms with Crippen molar-refractivity contribution in [3.63, 3.8) is 0 Å². The van der Waals surface area contributed by atoms with Crippen LogP contribution in [0.3, 0.4) is 0 Å². The second-order valence-electron chi connectivity index (χ2n) is 6.04. The summed E-state index contributed by atoms with van der Waals surface area (Å²) < 4.78 is 10.8. The fourth-order valence-corrected chi connectivity index (χ4v) is 3.02. The first-order valence-electron chi connectivity index (χ1n) is 7.94. The third kappa shape index (κ3) is 4.49. The molecule has 0 aliphatic carbocycles. The number of nitrogens with one attached hydrogen (secondary N) is 1. The smallest absolute Gasteiger partial charge is 0.165 e. The number of methoxy groups -OCH3 is 2. The first-order chi connectivity index (χ1) is 10.6. The maximum atomic E-state index is 5.49. The molecule has 0 spiro atoms. The molecule has 1 N–H and O–H groups in total. The van der Waals surface area contributed by atoms with Gasteiger partial charge in [-0.05, 0) is 38.9 Å². The van der Waals surface area contributed by atoms with Crippen LogP contribution in [-0.2, 0) is 6.54 Å². The van der Waals surface area contributed by atoms with E-state index in [0.717, 1.165) is 43.2 Å². The van der Waals surface area contributed by atoms with E-state index >= 15 is 0 Å². The highest BCUT2D eigenvalue weighted by atomic mass is 16.5. The van der Waals surface area contributed by atoms with Gasteiger partial charge < -0.3 is 14.8 Å². The predicted molar refractivity (Wildman–Crippen MR) is 90.7 cm³/mol. The van der Waals surface area contributed by atoms with Gasteiger partial charge >= 0.3 is 0 Å². The van der Waals surface area contributed by atoms with Crippen LogP contribution in [-0.4, -0.2) is 44.8 Å². The molecule has 1 fully saturated rings. The minimum Gasteiger partial charge on any atom is -0.493 e. The minimum absolute atomic E-state index is 0.567. The van der Waals surface area contributed by atoms with Crippen molar-refractivity contribution in [1.82, 2.24) is 10.2 Å². The van der Waals surface area contributed by atoms with E-state index in [1.807, 2.05) is 12.1 Å². The Labute approximate surface area is 134 Å². The predicted octanol–water partition coefficient (Wildman–Crippen LogP) is 2.83. The van der Waals surface area contributed by atoms with E-state index in [4.69, 9.17) is 9.47 Å². The standard InChI is InChI=1S/C18H28N2O2/c1-14(2)13-20-10-8-16(9-11-20)19-12-15-6-5-7-17(21-3)18(15)22-4/h5-7,16,19H,1,8-13H2,2-4H3. The first kappa shape index (κ1) is 16.8. The summed E-state index contributed by atoms with van der Waals surface area (Å²) in [6, 6.07) is 6.59. The zero-order valence-corrected chi connectivity index (χ0v) is 14.0. The number of rotatable bonds is 7. The van der Waals surface area contributed by atoms with Gasteiger partial charge in [0.15, 0.2) is 11.5 Å². The summed E-state index contributed by atoms with van der Waals surface area (Å²) in [6.45, 7) is 10.2. The molecule has 1 saturated heterocycles. The van der Waals surface area contributed by atoms with Crippen molar-refractivity contribution < 1.29 is 9.47 Å². The molecule has 0 atom stereocenters. The summed E-state index contributed by atoms with van der Waals surface area (Å²) in [6.07, 6.45) is 2.36. The van der Waals surface area contributed by atoms with Crippen LogP contribution in [0.4, 0.5) is 0 Å². The lowest BCUT2D eigenvalue weighted by molar-refractivity contribution is 0.210. The average Bonchev–Trinajstić information content (AvgIpc) is 2.53. The number of piperidine rings is 1. The zero-order valence-electron chi connectivity index (χ0n) is 14.0. The van der Waals surface area contributed by atoms with Gasteiger partial charge in [0.05, 0.1) is 14.2 Å². The number of benzene rings is 1. The van der Waals surface area contributed by atoms with Gasteiger partial charge in [0.2, 0.25) is 0 Å². The lowest BCUT2D eigenvalue weighted by Gasteiger charge is -2.32. The number of hydrogen-bond donors (Lipinski definition) is 1. The Hall–Kier alpha value is -1.52. The molecule has 4 heteroatoms. The van der Waals surface area contributed by atoms with Crippen molar-refractivity contribution in [2.45, 2.75) is 32.4 Å². The van der Waals surface area contributed by atoms with Crippen LogP contribution >= 0.6 is 0 Å². The van der Waals surface area contributed by atoms with Gasteiger partial charge in [-0.1, -0.05) is 24.3 Å². The Bertz CT molecular complexity index is 494. The van der Waals surface area contributed by atoms with E-state index in [1.165, 1.54) is 18.4 Å². The minimum atomic E-state index is 0.567. The Morgan fingerprint density at radius 2 is 2.00 bits per heavy atom. The summed E-state index contributed by atoms with van der Waals surface area (Å²) in [5.74, 6) is 1.62. The Kier molecular flexibility index (Phi) is 6.28. The van der Waals surface area contributed by atoms with E-state index in [9.17, 15) is 0 Å². The van der Waals surface area contributed by atoms with Crippen molar-refractivity contribution in [3.8, 4) is 11.5 Å². The van der Waals surface area contributed by atoms with Crippen LogP contribution in [0.2, 0.25) is 0 Å². The van der Waals surface area contributed by atoms with Crippen LogP contribution in [0.1, 0.15) is 25.3 Å². The molecule has 0 aromatic heterocycles.